The molecule has 0 radical (unpaired) electrons. The molecule has 0 unspecified atom stereocenters. The van der Waals surface area contributed by atoms with Crippen LogP contribution in [0.25, 0.3) is 0 Å². The van der Waals surface area contributed by atoms with Crippen molar-refractivity contribution in [1.29, 1.82) is 0 Å². The van der Waals surface area contributed by atoms with Crippen molar-refractivity contribution in [2.24, 2.45) is 0 Å². The minimum Gasteiger partial charge on any atom is -0.311 e. The van der Waals surface area contributed by atoms with Crippen molar-refractivity contribution < 1.29 is 13.2 Å². The molecule has 0 saturated heterocycles. The van der Waals surface area contributed by atoms with Crippen LogP contribution in [-0.2, 0) is 16.6 Å². The van der Waals surface area contributed by atoms with Crippen molar-refractivity contribution in [3.63, 3.8) is 0 Å². The molecule has 0 aromatic heterocycles. The molecule has 1 amide bonds. The van der Waals surface area contributed by atoms with E-state index in [0.717, 1.165) is 5.56 Å². The van der Waals surface area contributed by atoms with Gasteiger partial charge in [-0.15, -0.1) is 0 Å². The average molecular weight is 491 g/mol. The van der Waals surface area contributed by atoms with Crippen LogP contribution in [0.5, 0.6) is 0 Å². The van der Waals surface area contributed by atoms with Crippen LogP contribution >= 0.6 is 11.6 Å². The van der Waals surface area contributed by atoms with Crippen molar-refractivity contribution in [2.45, 2.75) is 11.4 Å². The van der Waals surface area contributed by atoms with Crippen molar-refractivity contribution >= 4 is 38.9 Å². The summed E-state index contributed by atoms with van der Waals surface area (Å²) in [5, 5.41) is 0.318. The highest BCUT2D eigenvalue weighted by molar-refractivity contribution is 7.92. The molecule has 0 heterocycles. The van der Waals surface area contributed by atoms with E-state index in [-0.39, 0.29) is 22.9 Å². The van der Waals surface area contributed by atoms with Gasteiger partial charge in [-0.1, -0.05) is 78.3 Å². The van der Waals surface area contributed by atoms with Crippen molar-refractivity contribution in [2.75, 3.05) is 16.3 Å². The van der Waals surface area contributed by atoms with E-state index in [1.165, 1.54) is 21.3 Å². The van der Waals surface area contributed by atoms with E-state index in [2.05, 4.69) is 0 Å². The van der Waals surface area contributed by atoms with Crippen LogP contribution in [0, 0.1) is 0 Å². The minimum absolute atomic E-state index is 0.00987. The summed E-state index contributed by atoms with van der Waals surface area (Å²) < 4.78 is 29.0. The molecule has 0 fully saturated rings. The van der Waals surface area contributed by atoms with Gasteiger partial charge in [0.15, 0.2) is 0 Å². The number of halogens is 1. The Balaban J connectivity index is 1.74. The zero-order valence-electron chi connectivity index (χ0n) is 18.5. The van der Waals surface area contributed by atoms with E-state index >= 15 is 0 Å². The Morgan fingerprint density at radius 2 is 1.41 bits per heavy atom. The van der Waals surface area contributed by atoms with Crippen LogP contribution in [0.2, 0.25) is 5.02 Å². The van der Waals surface area contributed by atoms with Crippen LogP contribution in [0.15, 0.2) is 114 Å². The Morgan fingerprint density at radius 1 is 0.794 bits per heavy atom. The van der Waals surface area contributed by atoms with E-state index < -0.39 is 10.0 Å². The minimum atomic E-state index is -4.04. The van der Waals surface area contributed by atoms with Gasteiger partial charge in [-0.05, 0) is 48.0 Å². The molecular formula is C27H23ClN2O3S. The number of anilines is 2. The summed E-state index contributed by atoms with van der Waals surface area (Å²) in [6.45, 7) is 0.0923. The van der Waals surface area contributed by atoms with Crippen LogP contribution in [0.3, 0.4) is 0 Å². The number of carbonyl (C=O) groups excluding carboxylic acids is 1. The molecule has 0 bridgehead atoms. The summed E-state index contributed by atoms with van der Waals surface area (Å²) in [6, 6.07) is 31.4. The lowest BCUT2D eigenvalue weighted by Gasteiger charge is -2.26. The number of rotatable bonds is 7. The first-order valence-electron chi connectivity index (χ1n) is 10.6. The first-order valence-corrected chi connectivity index (χ1v) is 12.4. The van der Waals surface area contributed by atoms with E-state index in [4.69, 9.17) is 11.6 Å². The standard InChI is InChI=1S/C27H23ClN2O3S/c1-29(23-14-6-3-7-15-23)27(31)22-13-10-16-24(19-22)34(32,33)30(20-21-11-4-2-5-12-21)26-18-9-8-17-25(26)28/h2-19H,20H2,1H3. The number of carbonyl (C=O) groups is 1. The fourth-order valence-corrected chi connectivity index (χ4v) is 5.39. The predicted molar refractivity (Wildman–Crippen MR) is 137 cm³/mol. The highest BCUT2D eigenvalue weighted by Gasteiger charge is 2.28. The zero-order valence-corrected chi connectivity index (χ0v) is 20.1. The van der Waals surface area contributed by atoms with Gasteiger partial charge in [-0.2, -0.15) is 0 Å². The van der Waals surface area contributed by atoms with E-state index in [9.17, 15) is 13.2 Å². The lowest BCUT2D eigenvalue weighted by atomic mass is 10.2. The lowest BCUT2D eigenvalue weighted by Crippen LogP contribution is -2.31. The third-order valence-corrected chi connectivity index (χ3v) is 7.48. The predicted octanol–water partition coefficient (Wildman–Crippen LogP) is 6.01. The van der Waals surface area contributed by atoms with Crippen molar-refractivity contribution in [3.05, 3.63) is 125 Å². The molecule has 0 saturated carbocycles. The lowest BCUT2D eigenvalue weighted by molar-refractivity contribution is 0.0993. The van der Waals surface area contributed by atoms with Gasteiger partial charge < -0.3 is 4.90 Å². The molecule has 4 aromatic carbocycles. The summed E-state index contributed by atoms with van der Waals surface area (Å²) in [7, 11) is -2.39. The largest absolute Gasteiger partial charge is 0.311 e. The number of hydrogen-bond acceptors (Lipinski definition) is 3. The number of hydrogen-bond donors (Lipinski definition) is 0. The van der Waals surface area contributed by atoms with Crippen molar-refractivity contribution in [3.8, 4) is 0 Å². The Kier molecular flexibility index (Phi) is 7.01. The summed E-state index contributed by atoms with van der Waals surface area (Å²) in [5.41, 5.74) is 2.15. The maximum absolute atomic E-state index is 13.8. The third-order valence-electron chi connectivity index (χ3n) is 5.41. The molecule has 0 atom stereocenters. The molecule has 0 spiro atoms. The zero-order chi connectivity index (χ0) is 24.1. The topological polar surface area (TPSA) is 57.7 Å². The second kappa shape index (κ2) is 10.1. The maximum atomic E-state index is 13.8. The molecular weight excluding hydrogens is 468 g/mol. The number of para-hydroxylation sites is 2. The normalized spacial score (nSPS) is 11.1. The average Bonchev–Trinajstić information content (AvgIpc) is 2.88. The van der Waals surface area contributed by atoms with E-state index in [1.807, 2.05) is 60.7 Å². The fourth-order valence-electron chi connectivity index (χ4n) is 3.58. The highest BCUT2D eigenvalue weighted by atomic mass is 35.5. The maximum Gasteiger partial charge on any atom is 0.264 e. The summed E-state index contributed by atoms with van der Waals surface area (Å²) in [6.07, 6.45) is 0. The Hall–Kier alpha value is -3.61. The molecule has 34 heavy (non-hydrogen) atoms. The second-order valence-electron chi connectivity index (χ2n) is 7.68. The third kappa shape index (κ3) is 4.98. The molecule has 7 heteroatoms. The molecule has 5 nitrogen and oxygen atoms in total. The van der Waals surface area contributed by atoms with Crippen LogP contribution < -0.4 is 9.21 Å². The molecule has 0 aliphatic carbocycles. The monoisotopic (exact) mass is 490 g/mol. The highest BCUT2D eigenvalue weighted by Crippen LogP contribution is 2.32. The molecule has 0 aliphatic heterocycles. The molecule has 172 valence electrons. The quantitative estimate of drug-likeness (QED) is 0.318. The van der Waals surface area contributed by atoms with Crippen LogP contribution in [-0.4, -0.2) is 21.4 Å². The van der Waals surface area contributed by atoms with E-state index in [0.29, 0.717) is 16.4 Å². The Morgan fingerprint density at radius 3 is 2.09 bits per heavy atom. The number of benzene rings is 4. The number of nitrogens with zero attached hydrogens (tertiary/aromatic N) is 2. The molecule has 0 N–H and O–H groups in total. The van der Waals surface area contributed by atoms with Gasteiger partial charge in [0.1, 0.15) is 0 Å². The van der Waals surface area contributed by atoms with Gasteiger partial charge in [0, 0.05) is 18.3 Å². The van der Waals surface area contributed by atoms with Crippen LogP contribution in [0.1, 0.15) is 15.9 Å². The summed E-state index contributed by atoms with van der Waals surface area (Å²) in [4.78, 5) is 14.6. The van der Waals surface area contributed by atoms with Gasteiger partial charge in [-0.25, -0.2) is 8.42 Å². The molecule has 0 aliphatic rings. The number of amides is 1. The second-order valence-corrected chi connectivity index (χ2v) is 9.95. The van der Waals surface area contributed by atoms with Gasteiger partial charge in [-0.3, -0.25) is 9.10 Å². The fraction of sp³-hybridized carbons (Fsp3) is 0.0741. The van der Waals surface area contributed by atoms with Crippen LogP contribution in [0.4, 0.5) is 11.4 Å². The SMILES string of the molecule is CN(C(=O)c1cccc(S(=O)(=O)N(Cc2ccccc2)c2ccccc2Cl)c1)c1ccccc1. The summed E-state index contributed by atoms with van der Waals surface area (Å²) >= 11 is 6.40. The molecule has 4 aromatic rings. The molecule has 4 rings (SSSR count). The Labute approximate surface area is 204 Å². The van der Waals surface area contributed by atoms with Gasteiger partial charge in [0.2, 0.25) is 0 Å². The van der Waals surface area contributed by atoms with E-state index in [1.54, 1.807) is 43.4 Å². The van der Waals surface area contributed by atoms with Gasteiger partial charge in [0.05, 0.1) is 22.2 Å². The first-order chi connectivity index (χ1) is 16.4. The summed E-state index contributed by atoms with van der Waals surface area (Å²) in [5.74, 6) is -0.310. The van der Waals surface area contributed by atoms with Gasteiger partial charge in [0.25, 0.3) is 15.9 Å². The Bertz CT molecular complexity index is 1390. The first kappa shape index (κ1) is 23.5. The number of sulfonamides is 1. The van der Waals surface area contributed by atoms with Gasteiger partial charge >= 0.3 is 0 Å². The smallest absolute Gasteiger partial charge is 0.264 e. The van der Waals surface area contributed by atoms with Crippen molar-refractivity contribution in [1.82, 2.24) is 0 Å².